The Labute approximate surface area is 183 Å². The van der Waals surface area contributed by atoms with E-state index in [1.54, 1.807) is 6.26 Å². The Morgan fingerprint density at radius 3 is 2.87 bits per heavy atom. The summed E-state index contributed by atoms with van der Waals surface area (Å²) in [7, 11) is 0. The minimum Gasteiger partial charge on any atom is -0.493 e. The molecule has 1 saturated carbocycles. The third-order valence-corrected chi connectivity index (χ3v) is 6.18. The van der Waals surface area contributed by atoms with E-state index in [4.69, 9.17) is 9.15 Å². The topological polar surface area (TPSA) is 72.6 Å². The van der Waals surface area contributed by atoms with Gasteiger partial charge in [0.25, 0.3) is 0 Å². The molecule has 1 fully saturated rings. The molecule has 4 rings (SSSR count). The van der Waals surface area contributed by atoms with Crippen LogP contribution < -0.4 is 0 Å². The van der Waals surface area contributed by atoms with Crippen molar-refractivity contribution in [3.05, 3.63) is 77.9 Å². The number of rotatable bonds is 9. The molecular weight excluding hydrogens is 390 g/mol. The van der Waals surface area contributed by atoms with Gasteiger partial charge in [0.2, 0.25) is 5.89 Å². The molecule has 3 atom stereocenters. The monoisotopic (exact) mass is 419 g/mol. The Hall–Kier alpha value is -3.08. The van der Waals surface area contributed by atoms with Crippen LogP contribution in [0.5, 0.6) is 0 Å². The van der Waals surface area contributed by atoms with Crippen LogP contribution in [0, 0.1) is 17.8 Å². The van der Waals surface area contributed by atoms with Gasteiger partial charge in [0.15, 0.2) is 0 Å². The predicted octanol–water partition coefficient (Wildman–Crippen LogP) is 5.81. The second-order valence-corrected chi connectivity index (χ2v) is 8.23. The normalized spacial score (nSPS) is 21.1. The summed E-state index contributed by atoms with van der Waals surface area (Å²) in [6, 6.07) is 9.83. The average molecular weight is 420 g/mol. The highest BCUT2D eigenvalue weighted by atomic mass is 16.5. The van der Waals surface area contributed by atoms with Crippen LogP contribution in [0.15, 0.2) is 76.6 Å². The first-order valence-electron chi connectivity index (χ1n) is 11.1. The Morgan fingerprint density at radius 1 is 1.26 bits per heavy atom. The van der Waals surface area contributed by atoms with Crippen LogP contribution in [0.1, 0.15) is 38.3 Å². The molecule has 1 aromatic carbocycles. The largest absolute Gasteiger partial charge is 0.493 e. The maximum Gasteiger partial charge on any atom is 0.307 e. The van der Waals surface area contributed by atoms with Crippen molar-refractivity contribution in [2.24, 2.45) is 17.8 Å². The van der Waals surface area contributed by atoms with Crippen molar-refractivity contribution in [1.82, 2.24) is 4.98 Å². The fraction of sp³-hybridized carbons (Fsp3) is 0.385. The van der Waals surface area contributed by atoms with E-state index in [2.05, 4.69) is 17.1 Å². The predicted molar refractivity (Wildman–Crippen MR) is 119 cm³/mol. The van der Waals surface area contributed by atoms with Gasteiger partial charge in [0.1, 0.15) is 12.0 Å². The van der Waals surface area contributed by atoms with Gasteiger partial charge in [-0.05, 0) is 55.4 Å². The molecule has 1 N–H and O–H groups in total. The number of carboxylic acids is 1. The minimum atomic E-state index is -0.676. The number of ether oxygens (including phenoxy) is 1. The fourth-order valence-corrected chi connectivity index (χ4v) is 4.61. The number of fused-ring (bicyclic) bond motifs is 1. The van der Waals surface area contributed by atoms with Crippen LogP contribution in [-0.2, 0) is 16.0 Å². The van der Waals surface area contributed by atoms with E-state index in [1.807, 2.05) is 49.4 Å². The number of oxazole rings is 1. The summed E-state index contributed by atoms with van der Waals surface area (Å²) < 4.78 is 11.6. The van der Waals surface area contributed by atoms with Crippen molar-refractivity contribution in [3.63, 3.8) is 0 Å². The number of carbonyl (C=O) groups is 1. The molecule has 2 aliphatic rings. The summed E-state index contributed by atoms with van der Waals surface area (Å²) >= 11 is 0. The maximum absolute atomic E-state index is 11.8. The molecule has 1 aromatic heterocycles. The highest BCUT2D eigenvalue weighted by Gasteiger charge is 2.37. The molecular formula is C26H29NO4. The number of aliphatic carboxylic acids is 1. The molecule has 3 unspecified atom stereocenters. The third-order valence-electron chi connectivity index (χ3n) is 6.18. The molecule has 0 amide bonds. The molecule has 2 aliphatic carbocycles. The summed E-state index contributed by atoms with van der Waals surface area (Å²) in [5.41, 5.74) is 3.05. The molecule has 5 heteroatoms. The molecule has 31 heavy (non-hydrogen) atoms. The van der Waals surface area contributed by atoms with Crippen molar-refractivity contribution in [1.29, 1.82) is 0 Å². The zero-order valence-corrected chi connectivity index (χ0v) is 17.9. The SMILES string of the molecule is CCCC(C(=O)O)C1CCC2C=CC(OCCc3coc(-c4ccccc4)n3)=CC=C21. The van der Waals surface area contributed by atoms with Gasteiger partial charge >= 0.3 is 5.97 Å². The van der Waals surface area contributed by atoms with E-state index in [1.165, 1.54) is 5.57 Å². The average Bonchev–Trinajstić information content (AvgIpc) is 3.36. The number of hydrogen-bond acceptors (Lipinski definition) is 4. The molecule has 2 aromatic rings. The van der Waals surface area contributed by atoms with Crippen molar-refractivity contribution < 1.29 is 19.1 Å². The van der Waals surface area contributed by atoms with Crippen molar-refractivity contribution in [3.8, 4) is 11.5 Å². The van der Waals surface area contributed by atoms with Gasteiger partial charge in [0.05, 0.1) is 18.2 Å². The lowest BCUT2D eigenvalue weighted by atomic mass is 9.83. The number of allylic oxidation sites excluding steroid dienone is 5. The Bertz CT molecular complexity index is 986. The van der Waals surface area contributed by atoms with Gasteiger partial charge in [-0.15, -0.1) is 0 Å². The van der Waals surface area contributed by atoms with Crippen molar-refractivity contribution in [2.75, 3.05) is 6.61 Å². The zero-order chi connectivity index (χ0) is 21.6. The Balaban J connectivity index is 1.36. The van der Waals surface area contributed by atoms with E-state index in [0.29, 0.717) is 24.8 Å². The summed E-state index contributed by atoms with van der Waals surface area (Å²) in [5, 5.41) is 9.68. The first kappa shape index (κ1) is 21.2. The van der Waals surface area contributed by atoms with Crippen molar-refractivity contribution >= 4 is 5.97 Å². The van der Waals surface area contributed by atoms with Gasteiger partial charge in [-0.2, -0.15) is 0 Å². The van der Waals surface area contributed by atoms with Crippen LogP contribution in [0.3, 0.4) is 0 Å². The summed E-state index contributed by atoms with van der Waals surface area (Å²) in [4.78, 5) is 16.3. The van der Waals surface area contributed by atoms with Gasteiger partial charge in [-0.3, -0.25) is 4.79 Å². The fourth-order valence-electron chi connectivity index (χ4n) is 4.61. The van der Waals surface area contributed by atoms with Crippen LogP contribution in [0.25, 0.3) is 11.5 Å². The minimum absolute atomic E-state index is 0.120. The molecule has 0 bridgehead atoms. The lowest BCUT2D eigenvalue weighted by Crippen LogP contribution is -2.23. The van der Waals surface area contributed by atoms with Gasteiger partial charge < -0.3 is 14.3 Å². The first-order valence-corrected chi connectivity index (χ1v) is 11.1. The zero-order valence-electron chi connectivity index (χ0n) is 17.9. The van der Waals surface area contributed by atoms with E-state index >= 15 is 0 Å². The number of carboxylic acid groups (broad SMARTS) is 1. The van der Waals surface area contributed by atoms with Gasteiger partial charge in [0, 0.05) is 12.0 Å². The lowest BCUT2D eigenvalue weighted by Gasteiger charge is -2.21. The maximum atomic E-state index is 11.8. The smallest absolute Gasteiger partial charge is 0.307 e. The molecule has 5 nitrogen and oxygen atoms in total. The summed E-state index contributed by atoms with van der Waals surface area (Å²) in [6.07, 6.45) is 14.1. The third kappa shape index (κ3) is 4.98. The van der Waals surface area contributed by atoms with Crippen LogP contribution in [0.2, 0.25) is 0 Å². The van der Waals surface area contributed by atoms with E-state index in [9.17, 15) is 9.90 Å². The first-order chi connectivity index (χ1) is 15.2. The number of aromatic nitrogens is 1. The molecule has 1 heterocycles. The summed E-state index contributed by atoms with van der Waals surface area (Å²) in [6.45, 7) is 2.55. The van der Waals surface area contributed by atoms with Crippen molar-refractivity contribution in [2.45, 2.75) is 39.0 Å². The highest BCUT2D eigenvalue weighted by molar-refractivity contribution is 5.71. The molecule has 0 saturated heterocycles. The summed E-state index contributed by atoms with van der Waals surface area (Å²) in [5.74, 6) is 0.878. The highest BCUT2D eigenvalue weighted by Crippen LogP contribution is 2.44. The van der Waals surface area contributed by atoms with Crippen LogP contribution in [-0.4, -0.2) is 22.7 Å². The number of hydrogen-bond donors (Lipinski definition) is 1. The Kier molecular flexibility index (Phi) is 6.70. The number of benzene rings is 1. The Morgan fingerprint density at radius 2 is 2.10 bits per heavy atom. The van der Waals surface area contributed by atoms with E-state index < -0.39 is 5.97 Å². The van der Waals surface area contributed by atoms with Gasteiger partial charge in [-0.1, -0.05) is 49.3 Å². The molecule has 0 aliphatic heterocycles. The van der Waals surface area contributed by atoms with Crippen LogP contribution in [0.4, 0.5) is 0 Å². The number of nitrogens with zero attached hydrogens (tertiary/aromatic N) is 1. The van der Waals surface area contributed by atoms with E-state index in [-0.39, 0.29) is 11.8 Å². The second kappa shape index (κ2) is 9.82. The quantitative estimate of drug-likeness (QED) is 0.555. The van der Waals surface area contributed by atoms with Crippen LogP contribution >= 0.6 is 0 Å². The van der Waals surface area contributed by atoms with E-state index in [0.717, 1.165) is 42.7 Å². The lowest BCUT2D eigenvalue weighted by molar-refractivity contribution is -0.143. The molecule has 0 radical (unpaired) electrons. The molecule has 162 valence electrons. The second-order valence-electron chi connectivity index (χ2n) is 8.23. The van der Waals surface area contributed by atoms with Gasteiger partial charge in [-0.25, -0.2) is 4.98 Å². The standard InChI is InChI=1S/C26H29NO4/c1-2-6-24(26(28)29)23-13-10-18-9-11-21(12-14-22(18)23)30-16-15-20-17-31-25(27-20)19-7-4-3-5-8-19/h3-5,7-9,11-12,14,17-18,23-24H,2,6,10,13,15-16H2,1H3,(H,28,29). The molecule has 0 spiro atoms.